The van der Waals surface area contributed by atoms with E-state index in [4.69, 9.17) is 9.15 Å². The molecular weight excluding hydrogens is 318 g/mol. The number of rotatable bonds is 6. The molecule has 1 N–H and O–H groups in total. The molecule has 3 rings (SSSR count). The van der Waals surface area contributed by atoms with Crippen LogP contribution in [0.4, 0.5) is 5.69 Å². The summed E-state index contributed by atoms with van der Waals surface area (Å²) in [4.78, 5) is 23.6. The lowest BCUT2D eigenvalue weighted by molar-refractivity contribution is -0.144. The zero-order valence-corrected chi connectivity index (χ0v) is 14.4. The first kappa shape index (κ1) is 17.0. The number of hydrogen-bond donors (Lipinski definition) is 1. The minimum atomic E-state index is -0.449. The molecule has 25 heavy (non-hydrogen) atoms. The van der Waals surface area contributed by atoms with Crippen molar-refractivity contribution in [3.63, 3.8) is 0 Å². The number of carbonyl (C=O) groups excluding carboxylic acids is 1. The number of hydrogen-bond acceptors (Lipinski definition) is 5. The summed E-state index contributed by atoms with van der Waals surface area (Å²) in [5, 5.41) is 5.93. The average Bonchev–Trinajstić information content (AvgIpc) is 2.60. The van der Waals surface area contributed by atoms with E-state index < -0.39 is 5.63 Å². The summed E-state index contributed by atoms with van der Waals surface area (Å²) in [6.07, 6.45) is 1.10. The molecule has 0 amide bonds. The highest BCUT2D eigenvalue weighted by Crippen LogP contribution is 2.31. The van der Waals surface area contributed by atoms with Crippen molar-refractivity contribution in [2.45, 2.75) is 33.3 Å². The summed E-state index contributed by atoms with van der Waals surface area (Å²) < 4.78 is 10.8. The maximum Gasteiger partial charge on any atom is 0.336 e. The number of ether oxygens (including phenoxy) is 1. The number of esters is 1. The highest BCUT2D eigenvalue weighted by molar-refractivity contribution is 6.09. The Labute approximate surface area is 145 Å². The largest absolute Gasteiger partial charge is 0.461 e. The van der Waals surface area contributed by atoms with Crippen molar-refractivity contribution in [1.29, 1.82) is 0 Å². The molecule has 0 saturated heterocycles. The first-order chi connectivity index (χ1) is 12.1. The molecule has 0 aliphatic rings. The molecule has 0 saturated carbocycles. The Hall–Kier alpha value is -2.82. The second kappa shape index (κ2) is 7.38. The maximum absolute atomic E-state index is 12.0. The Morgan fingerprint density at radius 3 is 2.68 bits per heavy atom. The van der Waals surface area contributed by atoms with Gasteiger partial charge in [0.15, 0.2) is 0 Å². The van der Waals surface area contributed by atoms with E-state index in [1.165, 1.54) is 6.07 Å². The lowest BCUT2D eigenvalue weighted by Crippen LogP contribution is -2.07. The van der Waals surface area contributed by atoms with Gasteiger partial charge in [-0.15, -0.1) is 0 Å². The van der Waals surface area contributed by atoms with Crippen molar-refractivity contribution in [1.82, 2.24) is 0 Å². The molecule has 0 atom stereocenters. The van der Waals surface area contributed by atoms with Crippen molar-refractivity contribution >= 4 is 33.4 Å². The number of anilines is 1. The van der Waals surface area contributed by atoms with Crippen LogP contribution in [0.25, 0.3) is 21.7 Å². The molecule has 0 aliphatic carbocycles. The van der Waals surface area contributed by atoms with E-state index in [1.54, 1.807) is 0 Å². The van der Waals surface area contributed by atoms with Crippen molar-refractivity contribution in [2.75, 3.05) is 11.9 Å². The van der Waals surface area contributed by atoms with Crippen LogP contribution in [-0.4, -0.2) is 12.5 Å². The van der Waals surface area contributed by atoms with Crippen LogP contribution < -0.4 is 10.9 Å². The third kappa shape index (κ3) is 3.50. The van der Waals surface area contributed by atoms with Gasteiger partial charge < -0.3 is 14.5 Å². The SMILES string of the molecule is CCCC(=O)OCc1cc(=O)oc2c1ccc1c(NCC)cccc12. The predicted octanol–water partition coefficient (Wildman–Crippen LogP) is 4.22. The van der Waals surface area contributed by atoms with Gasteiger partial charge in [0.05, 0.1) is 0 Å². The summed E-state index contributed by atoms with van der Waals surface area (Å²) in [5.74, 6) is -0.265. The van der Waals surface area contributed by atoms with Crippen LogP contribution in [0.1, 0.15) is 32.3 Å². The molecule has 5 heteroatoms. The van der Waals surface area contributed by atoms with Crippen LogP contribution in [0.3, 0.4) is 0 Å². The van der Waals surface area contributed by atoms with Crippen LogP contribution in [0.15, 0.2) is 45.6 Å². The van der Waals surface area contributed by atoms with Crippen LogP contribution in [-0.2, 0) is 16.1 Å². The second-order valence-corrected chi connectivity index (χ2v) is 5.87. The van der Waals surface area contributed by atoms with E-state index in [0.717, 1.165) is 34.8 Å². The monoisotopic (exact) mass is 339 g/mol. The standard InChI is InChI=1S/C20H21NO4/c1-3-6-18(22)24-12-13-11-19(23)25-20-14(13)9-10-15-16(20)7-5-8-17(15)21-4-2/h5,7-11,21H,3-4,6,12H2,1-2H3. The molecule has 1 aromatic heterocycles. The number of fused-ring (bicyclic) bond motifs is 3. The zero-order chi connectivity index (χ0) is 17.8. The number of nitrogens with one attached hydrogen (secondary N) is 1. The van der Waals surface area contributed by atoms with Crippen molar-refractivity contribution in [3.8, 4) is 0 Å². The van der Waals surface area contributed by atoms with E-state index in [-0.39, 0.29) is 12.6 Å². The Morgan fingerprint density at radius 2 is 1.92 bits per heavy atom. The molecule has 2 aromatic carbocycles. The number of benzene rings is 2. The van der Waals surface area contributed by atoms with E-state index in [9.17, 15) is 9.59 Å². The molecule has 1 heterocycles. The minimum Gasteiger partial charge on any atom is -0.461 e. The fourth-order valence-corrected chi connectivity index (χ4v) is 2.94. The van der Waals surface area contributed by atoms with Gasteiger partial charge in [-0.3, -0.25) is 4.79 Å². The average molecular weight is 339 g/mol. The van der Waals surface area contributed by atoms with Crippen LogP contribution in [0, 0.1) is 0 Å². The zero-order valence-electron chi connectivity index (χ0n) is 14.4. The molecule has 0 aliphatic heterocycles. The highest BCUT2D eigenvalue weighted by atomic mass is 16.5. The van der Waals surface area contributed by atoms with Crippen molar-refractivity contribution in [2.24, 2.45) is 0 Å². The van der Waals surface area contributed by atoms with Crippen molar-refractivity contribution in [3.05, 3.63) is 52.4 Å². The fourth-order valence-electron chi connectivity index (χ4n) is 2.94. The third-order valence-corrected chi connectivity index (χ3v) is 4.06. The first-order valence-corrected chi connectivity index (χ1v) is 8.52. The molecule has 0 spiro atoms. The van der Waals surface area contributed by atoms with E-state index in [1.807, 2.05) is 44.2 Å². The Bertz CT molecular complexity index is 974. The summed E-state index contributed by atoms with van der Waals surface area (Å²) in [5.41, 5.74) is 1.72. The quantitative estimate of drug-likeness (QED) is 0.414. The van der Waals surface area contributed by atoms with Gasteiger partial charge in [0, 0.05) is 46.4 Å². The Kier molecular flexibility index (Phi) is 5.03. The van der Waals surface area contributed by atoms with Gasteiger partial charge in [-0.05, 0) is 19.4 Å². The van der Waals surface area contributed by atoms with E-state index in [2.05, 4.69) is 5.32 Å². The van der Waals surface area contributed by atoms with Gasteiger partial charge >= 0.3 is 11.6 Å². The van der Waals surface area contributed by atoms with Crippen LogP contribution in [0.2, 0.25) is 0 Å². The molecule has 5 nitrogen and oxygen atoms in total. The van der Waals surface area contributed by atoms with Crippen molar-refractivity contribution < 1.29 is 13.9 Å². The van der Waals surface area contributed by atoms with Gasteiger partial charge in [0.25, 0.3) is 0 Å². The van der Waals surface area contributed by atoms with Gasteiger partial charge in [-0.1, -0.05) is 31.2 Å². The molecular formula is C20H21NO4. The molecule has 130 valence electrons. The normalized spacial score (nSPS) is 11.0. The Morgan fingerprint density at radius 1 is 1.12 bits per heavy atom. The smallest absolute Gasteiger partial charge is 0.336 e. The molecule has 0 radical (unpaired) electrons. The second-order valence-electron chi connectivity index (χ2n) is 5.87. The minimum absolute atomic E-state index is 0.0688. The topological polar surface area (TPSA) is 68.5 Å². The molecule has 0 unspecified atom stereocenters. The maximum atomic E-state index is 12.0. The molecule has 0 bridgehead atoms. The van der Waals surface area contributed by atoms with E-state index >= 15 is 0 Å². The summed E-state index contributed by atoms with van der Waals surface area (Å²) in [6, 6.07) is 11.1. The van der Waals surface area contributed by atoms with Gasteiger partial charge in [0.1, 0.15) is 12.2 Å². The van der Waals surface area contributed by atoms with Crippen LogP contribution in [0.5, 0.6) is 0 Å². The van der Waals surface area contributed by atoms with Gasteiger partial charge in [0.2, 0.25) is 0 Å². The molecule has 0 fully saturated rings. The number of carbonyl (C=O) groups is 1. The summed E-state index contributed by atoms with van der Waals surface area (Å²) in [7, 11) is 0. The third-order valence-electron chi connectivity index (χ3n) is 4.06. The first-order valence-electron chi connectivity index (χ1n) is 8.52. The summed E-state index contributed by atoms with van der Waals surface area (Å²) >= 11 is 0. The summed E-state index contributed by atoms with van der Waals surface area (Å²) in [6.45, 7) is 4.82. The highest BCUT2D eigenvalue weighted by Gasteiger charge is 2.12. The van der Waals surface area contributed by atoms with Gasteiger partial charge in [-0.25, -0.2) is 4.79 Å². The molecule has 3 aromatic rings. The lowest BCUT2D eigenvalue weighted by Gasteiger charge is -2.11. The predicted molar refractivity (Wildman–Crippen MR) is 98.9 cm³/mol. The van der Waals surface area contributed by atoms with Crippen LogP contribution >= 0.6 is 0 Å². The van der Waals surface area contributed by atoms with E-state index in [0.29, 0.717) is 17.6 Å². The van der Waals surface area contributed by atoms with Gasteiger partial charge in [-0.2, -0.15) is 0 Å². The lowest BCUT2D eigenvalue weighted by atomic mass is 10.0. The fraction of sp³-hybridized carbons (Fsp3) is 0.300. The Balaban J connectivity index is 2.11.